The molecule has 1 fully saturated rings. The third-order valence-corrected chi connectivity index (χ3v) is 3.55. The number of nitrogens with two attached hydrogens (primary N) is 1. The fourth-order valence-electron chi connectivity index (χ4n) is 1.38. The summed E-state index contributed by atoms with van der Waals surface area (Å²) in [4.78, 5) is 18.3. The van der Waals surface area contributed by atoms with Gasteiger partial charge in [0.25, 0.3) is 5.91 Å². The van der Waals surface area contributed by atoms with Gasteiger partial charge in [-0.1, -0.05) is 11.3 Å². The molecule has 15 heavy (non-hydrogen) atoms. The molecule has 3 N–H and O–H groups in total. The highest BCUT2D eigenvalue weighted by Gasteiger charge is 2.31. The first-order valence-corrected chi connectivity index (χ1v) is 5.66. The van der Waals surface area contributed by atoms with Crippen LogP contribution in [0.1, 0.15) is 22.5 Å². The van der Waals surface area contributed by atoms with Gasteiger partial charge in [-0.25, -0.2) is 4.98 Å². The second kappa shape index (κ2) is 3.69. The molecule has 1 heterocycles. The van der Waals surface area contributed by atoms with E-state index in [4.69, 9.17) is 5.73 Å². The number of nitrogens with zero attached hydrogens (tertiary/aromatic N) is 2. The van der Waals surface area contributed by atoms with Crippen molar-refractivity contribution in [3.63, 3.8) is 0 Å². The van der Waals surface area contributed by atoms with E-state index in [1.165, 1.54) is 11.3 Å². The standard InChI is InChI=1S/C9H14N4OS/c1-11-9-12-7(10)6(15-9)8(14)13(2)5-3-4-5/h5H,3-4,10H2,1-2H3,(H,11,12). The molecular weight excluding hydrogens is 212 g/mol. The summed E-state index contributed by atoms with van der Waals surface area (Å²) in [7, 11) is 3.58. The number of anilines is 2. The predicted octanol–water partition coefficient (Wildman–Crippen LogP) is 1.00. The van der Waals surface area contributed by atoms with E-state index in [1.807, 2.05) is 7.05 Å². The van der Waals surface area contributed by atoms with Crippen molar-refractivity contribution >= 4 is 28.2 Å². The van der Waals surface area contributed by atoms with Crippen LogP contribution < -0.4 is 11.1 Å². The monoisotopic (exact) mass is 226 g/mol. The molecule has 0 aromatic carbocycles. The third-order valence-electron chi connectivity index (χ3n) is 2.48. The van der Waals surface area contributed by atoms with Crippen molar-refractivity contribution in [1.82, 2.24) is 9.88 Å². The largest absolute Gasteiger partial charge is 0.382 e. The van der Waals surface area contributed by atoms with Crippen LogP contribution in [0.2, 0.25) is 0 Å². The molecule has 0 saturated heterocycles. The molecule has 5 nitrogen and oxygen atoms in total. The minimum absolute atomic E-state index is 0.0194. The zero-order chi connectivity index (χ0) is 11.0. The van der Waals surface area contributed by atoms with Crippen molar-refractivity contribution in [2.75, 3.05) is 25.1 Å². The van der Waals surface area contributed by atoms with Gasteiger partial charge in [-0.2, -0.15) is 0 Å². The maximum atomic E-state index is 12.0. The van der Waals surface area contributed by atoms with E-state index in [-0.39, 0.29) is 5.91 Å². The molecule has 1 aromatic rings. The molecule has 0 bridgehead atoms. The quantitative estimate of drug-likeness (QED) is 0.806. The van der Waals surface area contributed by atoms with Gasteiger partial charge in [0, 0.05) is 20.1 Å². The van der Waals surface area contributed by atoms with Gasteiger partial charge in [0.15, 0.2) is 5.13 Å². The van der Waals surface area contributed by atoms with Gasteiger partial charge < -0.3 is 16.0 Å². The molecule has 82 valence electrons. The van der Waals surface area contributed by atoms with E-state index in [0.29, 0.717) is 21.9 Å². The minimum atomic E-state index is -0.0194. The lowest BCUT2D eigenvalue weighted by atomic mass is 10.4. The topological polar surface area (TPSA) is 71.2 Å². The van der Waals surface area contributed by atoms with Gasteiger partial charge in [0.2, 0.25) is 0 Å². The predicted molar refractivity (Wildman–Crippen MR) is 61.2 cm³/mol. The SMILES string of the molecule is CNc1nc(N)c(C(=O)N(C)C2CC2)s1. The molecule has 1 saturated carbocycles. The number of hydrogen-bond donors (Lipinski definition) is 2. The summed E-state index contributed by atoms with van der Waals surface area (Å²) in [6.45, 7) is 0. The number of aromatic nitrogens is 1. The Morgan fingerprint density at radius 2 is 2.33 bits per heavy atom. The molecule has 1 amide bonds. The normalized spacial score (nSPS) is 15.1. The van der Waals surface area contributed by atoms with Gasteiger partial charge in [-0.15, -0.1) is 0 Å². The lowest BCUT2D eigenvalue weighted by Gasteiger charge is -2.14. The molecular formula is C9H14N4OS. The second-order valence-corrected chi connectivity index (χ2v) is 4.63. The first-order chi connectivity index (χ1) is 7.13. The summed E-state index contributed by atoms with van der Waals surface area (Å²) < 4.78 is 0. The van der Waals surface area contributed by atoms with Gasteiger partial charge >= 0.3 is 0 Å². The number of hydrogen-bond acceptors (Lipinski definition) is 5. The van der Waals surface area contributed by atoms with Crippen LogP contribution in [0.4, 0.5) is 10.9 Å². The molecule has 6 heteroatoms. The van der Waals surface area contributed by atoms with Crippen LogP contribution in [0.15, 0.2) is 0 Å². The highest BCUT2D eigenvalue weighted by molar-refractivity contribution is 7.18. The van der Waals surface area contributed by atoms with E-state index < -0.39 is 0 Å². The summed E-state index contributed by atoms with van der Waals surface area (Å²) in [6.07, 6.45) is 2.19. The number of carbonyl (C=O) groups is 1. The average Bonchev–Trinajstić information content (AvgIpc) is 3.00. The Hall–Kier alpha value is -1.30. The minimum Gasteiger partial charge on any atom is -0.382 e. The number of nitrogen functional groups attached to an aromatic ring is 1. The Morgan fingerprint density at radius 3 is 2.80 bits per heavy atom. The summed E-state index contributed by atoms with van der Waals surface area (Å²) in [6, 6.07) is 0.400. The van der Waals surface area contributed by atoms with Crippen LogP contribution in [-0.4, -0.2) is 35.9 Å². The van der Waals surface area contributed by atoms with Gasteiger partial charge in [-0.05, 0) is 12.8 Å². The summed E-state index contributed by atoms with van der Waals surface area (Å²) in [5.41, 5.74) is 5.69. The third kappa shape index (κ3) is 1.90. The van der Waals surface area contributed by atoms with E-state index in [0.717, 1.165) is 12.8 Å². The number of amides is 1. The van der Waals surface area contributed by atoms with Crippen LogP contribution in [0.5, 0.6) is 0 Å². The van der Waals surface area contributed by atoms with Gasteiger partial charge in [0.1, 0.15) is 10.7 Å². The Labute approximate surface area is 92.3 Å². The van der Waals surface area contributed by atoms with Crippen LogP contribution in [0.25, 0.3) is 0 Å². The molecule has 2 rings (SSSR count). The van der Waals surface area contributed by atoms with Gasteiger partial charge in [-0.3, -0.25) is 4.79 Å². The Balaban J connectivity index is 2.19. The zero-order valence-corrected chi connectivity index (χ0v) is 9.60. The highest BCUT2D eigenvalue weighted by atomic mass is 32.1. The number of carbonyl (C=O) groups excluding carboxylic acids is 1. The number of rotatable bonds is 3. The Kier molecular flexibility index (Phi) is 2.52. The van der Waals surface area contributed by atoms with Crippen molar-refractivity contribution in [3.05, 3.63) is 4.88 Å². The molecule has 0 unspecified atom stereocenters. The Morgan fingerprint density at radius 1 is 1.67 bits per heavy atom. The van der Waals surface area contributed by atoms with Crippen LogP contribution >= 0.6 is 11.3 Å². The van der Waals surface area contributed by atoms with Crippen molar-refractivity contribution in [2.45, 2.75) is 18.9 Å². The molecule has 0 aliphatic heterocycles. The van der Waals surface area contributed by atoms with E-state index in [2.05, 4.69) is 10.3 Å². The van der Waals surface area contributed by atoms with Crippen molar-refractivity contribution in [3.8, 4) is 0 Å². The molecule has 1 aromatic heterocycles. The highest BCUT2D eigenvalue weighted by Crippen LogP contribution is 2.31. The maximum Gasteiger partial charge on any atom is 0.267 e. The Bertz CT molecular complexity index is 385. The summed E-state index contributed by atoms with van der Waals surface area (Å²) in [5, 5.41) is 3.56. The average molecular weight is 226 g/mol. The van der Waals surface area contributed by atoms with Crippen molar-refractivity contribution in [2.24, 2.45) is 0 Å². The fraction of sp³-hybridized carbons (Fsp3) is 0.556. The first kappa shape index (κ1) is 10.2. The summed E-state index contributed by atoms with van der Waals surface area (Å²) in [5.74, 6) is 0.302. The van der Waals surface area contributed by atoms with Crippen molar-refractivity contribution < 1.29 is 4.79 Å². The van der Waals surface area contributed by atoms with E-state index in [1.54, 1.807) is 11.9 Å². The van der Waals surface area contributed by atoms with Crippen LogP contribution in [-0.2, 0) is 0 Å². The van der Waals surface area contributed by atoms with Crippen LogP contribution in [0.3, 0.4) is 0 Å². The summed E-state index contributed by atoms with van der Waals surface area (Å²) >= 11 is 1.30. The molecule has 1 aliphatic carbocycles. The maximum absolute atomic E-state index is 12.0. The number of thiazole rings is 1. The molecule has 0 atom stereocenters. The molecule has 0 spiro atoms. The van der Waals surface area contributed by atoms with Crippen molar-refractivity contribution in [1.29, 1.82) is 0 Å². The number of nitrogens with one attached hydrogen (secondary N) is 1. The molecule has 1 aliphatic rings. The second-order valence-electron chi connectivity index (χ2n) is 3.63. The van der Waals surface area contributed by atoms with Gasteiger partial charge in [0.05, 0.1) is 0 Å². The van der Waals surface area contributed by atoms with Crippen LogP contribution in [0, 0.1) is 0 Å². The lowest BCUT2D eigenvalue weighted by Crippen LogP contribution is -2.28. The fourth-order valence-corrected chi connectivity index (χ4v) is 2.20. The van der Waals surface area contributed by atoms with E-state index in [9.17, 15) is 4.79 Å². The zero-order valence-electron chi connectivity index (χ0n) is 8.78. The lowest BCUT2D eigenvalue weighted by molar-refractivity contribution is 0.0790. The first-order valence-electron chi connectivity index (χ1n) is 4.84. The van der Waals surface area contributed by atoms with E-state index >= 15 is 0 Å². The smallest absolute Gasteiger partial charge is 0.267 e. The molecule has 0 radical (unpaired) electrons.